The summed E-state index contributed by atoms with van der Waals surface area (Å²) in [6.07, 6.45) is 0. The molecule has 0 aliphatic heterocycles. The summed E-state index contributed by atoms with van der Waals surface area (Å²) >= 11 is 0. The van der Waals surface area contributed by atoms with E-state index in [9.17, 15) is 22.4 Å². The van der Waals surface area contributed by atoms with E-state index in [0.29, 0.717) is 5.69 Å². The molecule has 0 atom stereocenters. The van der Waals surface area contributed by atoms with Crippen molar-refractivity contribution in [1.82, 2.24) is 0 Å². The number of nitrogens with one attached hydrogen (secondary N) is 1. The monoisotopic (exact) mass is 427 g/mol. The van der Waals surface area contributed by atoms with Crippen LogP contribution in [-0.2, 0) is 10.0 Å². The Bertz CT molecular complexity index is 1210. The highest BCUT2D eigenvalue weighted by Crippen LogP contribution is 2.25. The fourth-order valence-electron chi connectivity index (χ4n) is 2.71. The number of para-hydroxylation sites is 1. The largest absolute Gasteiger partial charge is 0.366 e. The molecule has 0 saturated heterocycles. The fourth-order valence-corrected chi connectivity index (χ4v) is 3.96. The smallest absolute Gasteiger partial charge is 0.264 e. The summed E-state index contributed by atoms with van der Waals surface area (Å²) in [5.41, 5.74) is 5.86. The van der Waals surface area contributed by atoms with Crippen molar-refractivity contribution in [3.05, 3.63) is 89.7 Å². The van der Waals surface area contributed by atoms with Crippen molar-refractivity contribution >= 4 is 33.2 Å². The second kappa shape index (κ2) is 8.34. The van der Waals surface area contributed by atoms with E-state index in [0.717, 1.165) is 10.4 Å². The van der Waals surface area contributed by atoms with Crippen LogP contribution >= 0.6 is 0 Å². The highest BCUT2D eigenvalue weighted by atomic mass is 32.2. The maximum atomic E-state index is 14.0. The minimum Gasteiger partial charge on any atom is -0.366 e. The van der Waals surface area contributed by atoms with Gasteiger partial charge in [0.1, 0.15) is 5.82 Å². The summed E-state index contributed by atoms with van der Waals surface area (Å²) in [6.45, 7) is 0. The first-order valence-electron chi connectivity index (χ1n) is 8.75. The SMILES string of the molecule is CN(c1ccccc1F)S(=O)(=O)c1cccc(C(=O)Nc2ccc(C(N)=O)cc2)c1. The quantitative estimate of drug-likeness (QED) is 0.630. The highest BCUT2D eigenvalue weighted by Gasteiger charge is 2.24. The summed E-state index contributed by atoms with van der Waals surface area (Å²) in [7, 11) is -2.86. The van der Waals surface area contributed by atoms with E-state index in [1.54, 1.807) is 0 Å². The van der Waals surface area contributed by atoms with Crippen LogP contribution in [0.2, 0.25) is 0 Å². The van der Waals surface area contributed by atoms with Crippen LogP contribution in [0, 0.1) is 5.82 Å². The molecule has 0 spiro atoms. The van der Waals surface area contributed by atoms with Gasteiger partial charge in [-0.25, -0.2) is 12.8 Å². The van der Waals surface area contributed by atoms with E-state index < -0.39 is 27.7 Å². The molecule has 0 aliphatic rings. The number of nitrogens with two attached hydrogens (primary N) is 1. The van der Waals surface area contributed by atoms with E-state index in [2.05, 4.69) is 5.32 Å². The molecule has 0 unspecified atom stereocenters. The van der Waals surface area contributed by atoms with Gasteiger partial charge in [0.2, 0.25) is 5.91 Å². The minimum atomic E-state index is -4.10. The third-order valence-corrected chi connectivity index (χ3v) is 6.14. The molecule has 0 aliphatic carbocycles. The molecule has 3 N–H and O–H groups in total. The number of hydrogen-bond acceptors (Lipinski definition) is 4. The Morgan fingerprint density at radius 2 is 1.60 bits per heavy atom. The van der Waals surface area contributed by atoms with E-state index in [-0.39, 0.29) is 21.7 Å². The van der Waals surface area contributed by atoms with Crippen LogP contribution in [0.4, 0.5) is 15.8 Å². The molecule has 3 aromatic rings. The summed E-state index contributed by atoms with van der Waals surface area (Å²) in [5, 5.41) is 2.61. The van der Waals surface area contributed by atoms with Gasteiger partial charge in [0.15, 0.2) is 0 Å². The summed E-state index contributed by atoms with van der Waals surface area (Å²) in [5.74, 6) is -1.82. The van der Waals surface area contributed by atoms with Crippen molar-refractivity contribution in [2.45, 2.75) is 4.90 Å². The molecule has 0 bridgehead atoms. The van der Waals surface area contributed by atoms with Gasteiger partial charge in [0, 0.05) is 23.9 Å². The van der Waals surface area contributed by atoms with Crippen molar-refractivity contribution in [3.63, 3.8) is 0 Å². The van der Waals surface area contributed by atoms with Gasteiger partial charge in [-0.2, -0.15) is 0 Å². The molecule has 3 rings (SSSR count). The summed E-state index contributed by atoms with van der Waals surface area (Å²) in [4.78, 5) is 23.5. The zero-order valence-electron chi connectivity index (χ0n) is 15.9. The lowest BCUT2D eigenvalue weighted by molar-refractivity contribution is 0.0998. The van der Waals surface area contributed by atoms with Gasteiger partial charge in [-0.15, -0.1) is 0 Å². The Hall–Kier alpha value is -3.72. The zero-order valence-corrected chi connectivity index (χ0v) is 16.7. The number of primary amides is 1. The van der Waals surface area contributed by atoms with Gasteiger partial charge in [-0.05, 0) is 54.6 Å². The van der Waals surface area contributed by atoms with Gasteiger partial charge < -0.3 is 11.1 Å². The predicted molar refractivity (Wildman–Crippen MR) is 111 cm³/mol. The van der Waals surface area contributed by atoms with Crippen LogP contribution in [0.3, 0.4) is 0 Å². The van der Waals surface area contributed by atoms with Crippen molar-refractivity contribution in [2.24, 2.45) is 5.73 Å². The standard InChI is InChI=1S/C21H18FN3O4S/c1-25(19-8-3-2-7-18(19)22)30(28,29)17-6-4-5-15(13-17)21(27)24-16-11-9-14(10-12-16)20(23)26/h2-13H,1H3,(H2,23,26)(H,24,27). The van der Waals surface area contributed by atoms with Crippen LogP contribution in [0.1, 0.15) is 20.7 Å². The van der Waals surface area contributed by atoms with Crippen molar-refractivity contribution in [3.8, 4) is 0 Å². The minimum absolute atomic E-state index is 0.0944. The first-order chi connectivity index (χ1) is 14.2. The first-order valence-corrected chi connectivity index (χ1v) is 10.2. The third kappa shape index (κ3) is 4.31. The Labute approximate surface area is 173 Å². The number of amides is 2. The molecule has 0 radical (unpaired) electrons. The van der Waals surface area contributed by atoms with Crippen molar-refractivity contribution in [2.75, 3.05) is 16.7 Å². The Morgan fingerprint density at radius 1 is 0.933 bits per heavy atom. The highest BCUT2D eigenvalue weighted by molar-refractivity contribution is 7.92. The number of rotatable bonds is 6. The number of nitrogens with zero attached hydrogens (tertiary/aromatic N) is 1. The molecule has 3 aromatic carbocycles. The number of benzene rings is 3. The Morgan fingerprint density at radius 3 is 2.23 bits per heavy atom. The first kappa shape index (κ1) is 21.0. The van der Waals surface area contributed by atoms with Crippen LogP contribution in [0.15, 0.2) is 77.7 Å². The lowest BCUT2D eigenvalue weighted by Gasteiger charge is -2.20. The molecular formula is C21H18FN3O4S. The van der Waals surface area contributed by atoms with E-state index in [1.165, 1.54) is 73.8 Å². The van der Waals surface area contributed by atoms with Gasteiger partial charge in [-0.1, -0.05) is 18.2 Å². The van der Waals surface area contributed by atoms with Crippen LogP contribution in [0.5, 0.6) is 0 Å². The van der Waals surface area contributed by atoms with E-state index in [1.807, 2.05) is 0 Å². The maximum Gasteiger partial charge on any atom is 0.264 e. The fraction of sp³-hybridized carbons (Fsp3) is 0.0476. The second-order valence-electron chi connectivity index (χ2n) is 6.35. The van der Waals surface area contributed by atoms with Crippen molar-refractivity contribution in [1.29, 1.82) is 0 Å². The molecule has 0 heterocycles. The molecule has 0 fully saturated rings. The average molecular weight is 427 g/mol. The number of sulfonamides is 1. The van der Waals surface area contributed by atoms with E-state index in [4.69, 9.17) is 5.73 Å². The Kier molecular flexibility index (Phi) is 5.84. The number of anilines is 2. The lowest BCUT2D eigenvalue weighted by atomic mass is 10.2. The molecule has 30 heavy (non-hydrogen) atoms. The van der Waals surface area contributed by atoms with Crippen LogP contribution in [-0.4, -0.2) is 27.3 Å². The maximum absolute atomic E-state index is 14.0. The molecule has 9 heteroatoms. The van der Waals surface area contributed by atoms with Crippen LogP contribution in [0.25, 0.3) is 0 Å². The Balaban J connectivity index is 1.85. The molecule has 0 aromatic heterocycles. The predicted octanol–water partition coefficient (Wildman–Crippen LogP) is 3.00. The summed E-state index contributed by atoms with van der Waals surface area (Å²) < 4.78 is 40.6. The number of hydrogen-bond donors (Lipinski definition) is 2. The number of halogens is 1. The summed E-state index contributed by atoms with van der Waals surface area (Å²) in [6, 6.07) is 16.8. The molecule has 0 saturated carbocycles. The second-order valence-corrected chi connectivity index (χ2v) is 8.32. The average Bonchev–Trinajstić information content (AvgIpc) is 2.74. The van der Waals surface area contributed by atoms with Crippen molar-refractivity contribution < 1.29 is 22.4 Å². The number of carbonyl (C=O) groups excluding carboxylic acids is 2. The number of carbonyl (C=O) groups is 2. The lowest BCUT2D eigenvalue weighted by Crippen LogP contribution is -2.27. The molecular weight excluding hydrogens is 409 g/mol. The normalized spacial score (nSPS) is 11.0. The molecule has 154 valence electrons. The van der Waals surface area contributed by atoms with Crippen LogP contribution < -0.4 is 15.4 Å². The molecule has 7 nitrogen and oxygen atoms in total. The van der Waals surface area contributed by atoms with Gasteiger partial charge in [0.25, 0.3) is 15.9 Å². The van der Waals surface area contributed by atoms with Gasteiger partial charge >= 0.3 is 0 Å². The van der Waals surface area contributed by atoms with Gasteiger partial charge in [0.05, 0.1) is 10.6 Å². The van der Waals surface area contributed by atoms with E-state index >= 15 is 0 Å². The topological polar surface area (TPSA) is 110 Å². The van der Waals surface area contributed by atoms with Gasteiger partial charge in [-0.3, -0.25) is 13.9 Å². The third-order valence-electron chi connectivity index (χ3n) is 4.37. The zero-order chi connectivity index (χ0) is 21.9. The molecule has 2 amide bonds.